The molecule has 6 nitrogen and oxygen atoms in total. The standard InChI is InChI=1S/C27H37F3N4O2/c1-2-17-16-36-9-6-23(17)32-20-10-18-4-3-7-26(18,13-20)25(35)34-15-21-12-22(34)14-33(21)24-11-19(5-8-31-24)27(28,29)30/h5,8,11,17-18,20-23,32H,2-4,6-7,9-10,12-16H2,1H3/t17-,18-,20-,21-,22+,23+,26-/m1/s1. The van der Waals surface area contributed by atoms with Crippen molar-refractivity contribution in [2.24, 2.45) is 17.3 Å². The molecule has 4 heterocycles. The molecule has 3 aliphatic heterocycles. The number of ether oxygens (including phenoxy) is 1. The number of piperazine rings is 1. The lowest BCUT2D eigenvalue weighted by Crippen LogP contribution is -2.54. The van der Waals surface area contributed by atoms with Gasteiger partial charge < -0.3 is 19.9 Å². The number of hydrogen-bond donors (Lipinski definition) is 1. The van der Waals surface area contributed by atoms with E-state index in [-0.39, 0.29) is 17.5 Å². The number of alkyl halides is 3. The average molecular weight is 507 g/mol. The fourth-order valence-corrected chi connectivity index (χ4v) is 8.07. The van der Waals surface area contributed by atoms with Gasteiger partial charge in [-0.25, -0.2) is 4.98 Å². The number of pyridine rings is 1. The first-order valence-electron chi connectivity index (χ1n) is 13.7. The molecular formula is C27H37F3N4O2. The predicted octanol–water partition coefficient (Wildman–Crippen LogP) is 4.24. The zero-order chi connectivity index (χ0) is 25.1. The Hall–Kier alpha value is -1.87. The molecule has 2 saturated carbocycles. The van der Waals surface area contributed by atoms with Crippen LogP contribution in [0, 0.1) is 17.3 Å². The number of amides is 1. The molecule has 0 unspecified atom stereocenters. The summed E-state index contributed by atoms with van der Waals surface area (Å²) in [6, 6.07) is 3.10. The van der Waals surface area contributed by atoms with E-state index in [0.717, 1.165) is 76.7 Å². The Labute approximate surface area is 210 Å². The maximum atomic E-state index is 14.1. The van der Waals surface area contributed by atoms with Crippen LogP contribution in [-0.4, -0.2) is 66.3 Å². The van der Waals surface area contributed by atoms with Crippen molar-refractivity contribution in [2.75, 3.05) is 31.2 Å². The normalized spacial score (nSPS) is 38.1. The third kappa shape index (κ3) is 4.10. The fourth-order valence-electron chi connectivity index (χ4n) is 8.07. The zero-order valence-corrected chi connectivity index (χ0v) is 21.0. The second-order valence-corrected chi connectivity index (χ2v) is 11.7. The van der Waals surface area contributed by atoms with Crippen molar-refractivity contribution in [3.05, 3.63) is 23.9 Å². The van der Waals surface area contributed by atoms with Crippen molar-refractivity contribution < 1.29 is 22.7 Å². The molecule has 2 bridgehead atoms. The molecule has 1 N–H and O–H groups in total. The molecule has 5 aliphatic rings. The monoisotopic (exact) mass is 506 g/mol. The highest BCUT2D eigenvalue weighted by molar-refractivity contribution is 5.85. The Kier molecular flexibility index (Phi) is 6.22. The molecule has 0 radical (unpaired) electrons. The number of halogens is 3. The first-order valence-corrected chi connectivity index (χ1v) is 13.7. The summed E-state index contributed by atoms with van der Waals surface area (Å²) in [5, 5.41) is 3.94. The maximum Gasteiger partial charge on any atom is 0.416 e. The number of nitrogens with one attached hydrogen (secondary N) is 1. The maximum absolute atomic E-state index is 14.1. The molecule has 5 fully saturated rings. The van der Waals surface area contributed by atoms with Gasteiger partial charge in [-0.15, -0.1) is 0 Å². The minimum absolute atomic E-state index is 0.0362. The van der Waals surface area contributed by atoms with Gasteiger partial charge in [0.05, 0.1) is 29.7 Å². The first kappa shape index (κ1) is 24.5. The molecule has 1 aromatic heterocycles. The Morgan fingerprint density at radius 1 is 1.25 bits per heavy atom. The van der Waals surface area contributed by atoms with Gasteiger partial charge in [0.2, 0.25) is 5.91 Å². The van der Waals surface area contributed by atoms with E-state index in [1.165, 1.54) is 6.20 Å². The summed E-state index contributed by atoms with van der Waals surface area (Å²) >= 11 is 0. The minimum Gasteiger partial charge on any atom is -0.381 e. The number of fused-ring (bicyclic) bond motifs is 3. The molecule has 3 saturated heterocycles. The first-order chi connectivity index (χ1) is 17.3. The largest absolute Gasteiger partial charge is 0.416 e. The summed E-state index contributed by atoms with van der Waals surface area (Å²) in [6.07, 6.45) is 4.99. The van der Waals surface area contributed by atoms with Gasteiger partial charge in [-0.1, -0.05) is 13.3 Å². The lowest BCUT2D eigenvalue weighted by molar-refractivity contribution is -0.144. The fraction of sp³-hybridized carbons (Fsp3) is 0.778. The lowest BCUT2D eigenvalue weighted by atomic mass is 9.78. The smallest absolute Gasteiger partial charge is 0.381 e. The number of nitrogens with zero attached hydrogens (tertiary/aromatic N) is 3. The van der Waals surface area contributed by atoms with E-state index in [1.807, 2.05) is 4.90 Å². The van der Waals surface area contributed by atoms with Crippen molar-refractivity contribution >= 4 is 11.7 Å². The summed E-state index contributed by atoms with van der Waals surface area (Å²) in [5.41, 5.74) is -0.941. The van der Waals surface area contributed by atoms with Crippen molar-refractivity contribution in [2.45, 2.75) is 88.6 Å². The Bertz CT molecular complexity index is 990. The predicted molar refractivity (Wildman–Crippen MR) is 129 cm³/mol. The number of rotatable bonds is 5. The number of carbonyl (C=O) groups excluding carboxylic acids is 1. The summed E-state index contributed by atoms with van der Waals surface area (Å²) < 4.78 is 45.3. The highest BCUT2D eigenvalue weighted by Gasteiger charge is 2.59. The summed E-state index contributed by atoms with van der Waals surface area (Å²) in [4.78, 5) is 22.4. The van der Waals surface area contributed by atoms with E-state index in [9.17, 15) is 18.0 Å². The molecule has 6 rings (SSSR count). The molecule has 2 aliphatic carbocycles. The van der Waals surface area contributed by atoms with Crippen LogP contribution in [0.1, 0.15) is 63.9 Å². The van der Waals surface area contributed by atoms with Crippen molar-refractivity contribution in [3.63, 3.8) is 0 Å². The molecule has 0 spiro atoms. The average Bonchev–Trinajstić information content (AvgIpc) is 3.63. The van der Waals surface area contributed by atoms with Crippen molar-refractivity contribution in [3.8, 4) is 0 Å². The summed E-state index contributed by atoms with van der Waals surface area (Å²) in [5.74, 6) is 1.64. The third-order valence-electron chi connectivity index (χ3n) is 9.88. The van der Waals surface area contributed by atoms with Gasteiger partial charge >= 0.3 is 6.18 Å². The van der Waals surface area contributed by atoms with E-state index in [0.29, 0.717) is 48.7 Å². The van der Waals surface area contributed by atoms with Crippen LogP contribution in [0.3, 0.4) is 0 Å². The Balaban J connectivity index is 1.13. The highest BCUT2D eigenvalue weighted by Crippen LogP contribution is 2.56. The molecule has 7 atom stereocenters. The Morgan fingerprint density at radius 2 is 2.11 bits per heavy atom. The van der Waals surface area contributed by atoms with Gasteiger partial charge in [-0.05, 0) is 68.9 Å². The van der Waals surface area contributed by atoms with E-state index in [4.69, 9.17) is 4.74 Å². The van der Waals surface area contributed by atoms with Crippen LogP contribution in [0.15, 0.2) is 18.3 Å². The van der Waals surface area contributed by atoms with Gasteiger partial charge in [0.15, 0.2) is 0 Å². The van der Waals surface area contributed by atoms with Crippen LogP contribution >= 0.6 is 0 Å². The van der Waals surface area contributed by atoms with E-state index in [1.54, 1.807) is 0 Å². The zero-order valence-electron chi connectivity index (χ0n) is 21.0. The van der Waals surface area contributed by atoms with E-state index >= 15 is 0 Å². The van der Waals surface area contributed by atoms with Crippen molar-refractivity contribution in [1.29, 1.82) is 0 Å². The lowest BCUT2D eigenvalue weighted by Gasteiger charge is -2.40. The summed E-state index contributed by atoms with van der Waals surface area (Å²) in [7, 11) is 0. The molecule has 1 amide bonds. The van der Waals surface area contributed by atoms with Crippen molar-refractivity contribution in [1.82, 2.24) is 15.2 Å². The topological polar surface area (TPSA) is 57.7 Å². The molecule has 198 valence electrons. The Morgan fingerprint density at radius 3 is 2.86 bits per heavy atom. The van der Waals surface area contributed by atoms with Crippen LogP contribution in [0.2, 0.25) is 0 Å². The van der Waals surface area contributed by atoms with Gasteiger partial charge in [-0.2, -0.15) is 13.2 Å². The molecule has 9 heteroatoms. The number of likely N-dealkylation sites (tertiary alicyclic amines) is 1. The van der Waals surface area contributed by atoms with Crippen LogP contribution in [-0.2, 0) is 15.7 Å². The van der Waals surface area contributed by atoms with Crippen LogP contribution in [0.4, 0.5) is 19.0 Å². The molecule has 0 aromatic carbocycles. The van der Waals surface area contributed by atoms with Crippen LogP contribution < -0.4 is 10.2 Å². The second-order valence-electron chi connectivity index (χ2n) is 11.7. The molecule has 1 aromatic rings. The molecular weight excluding hydrogens is 469 g/mol. The number of hydrogen-bond acceptors (Lipinski definition) is 5. The quantitative estimate of drug-likeness (QED) is 0.648. The number of carbonyl (C=O) groups is 1. The van der Waals surface area contributed by atoms with Gasteiger partial charge in [0.25, 0.3) is 0 Å². The third-order valence-corrected chi connectivity index (χ3v) is 9.88. The van der Waals surface area contributed by atoms with Gasteiger partial charge in [0, 0.05) is 38.0 Å². The minimum atomic E-state index is -4.38. The van der Waals surface area contributed by atoms with Gasteiger partial charge in [-0.3, -0.25) is 4.79 Å². The van der Waals surface area contributed by atoms with Crippen LogP contribution in [0.25, 0.3) is 0 Å². The van der Waals surface area contributed by atoms with E-state index in [2.05, 4.69) is 22.1 Å². The second kappa shape index (κ2) is 9.15. The van der Waals surface area contributed by atoms with E-state index < -0.39 is 11.7 Å². The number of anilines is 1. The van der Waals surface area contributed by atoms with Gasteiger partial charge in [0.1, 0.15) is 5.82 Å². The highest BCUT2D eigenvalue weighted by atomic mass is 19.4. The number of aromatic nitrogens is 1. The summed E-state index contributed by atoms with van der Waals surface area (Å²) in [6.45, 7) is 5.01. The SMILES string of the molecule is CC[C@@H]1COCC[C@@H]1N[C@@H]1C[C@H]2CCC[C@@]2(C(=O)N2C[C@H]3C[C@H]2CN3c2cc(C(F)(F)F)ccn2)C1. The van der Waals surface area contributed by atoms with Crippen LogP contribution in [0.5, 0.6) is 0 Å². The molecule has 36 heavy (non-hydrogen) atoms.